The first-order chi connectivity index (χ1) is 5.13. The number of hydrogen-bond donors (Lipinski definition) is 2. The number of benzene rings is 1. The van der Waals surface area contributed by atoms with E-state index in [1.54, 1.807) is 0 Å². The molecule has 1 aromatic rings. The molecule has 1 rings (SSSR count). The maximum atomic E-state index is 8.81. The van der Waals surface area contributed by atoms with Gasteiger partial charge in [-0.3, -0.25) is 0 Å². The standard InChI is InChI=1S/C7H8.H3NO2S/c1-7-5-3-2-4-6-7;1-4(2)3/h2-6H,1H3;4H,(H2,1,2,3). The minimum Gasteiger partial charge on any atom is -0.231 e. The van der Waals surface area contributed by atoms with Crippen LogP contribution in [0.3, 0.4) is 0 Å². The van der Waals surface area contributed by atoms with Crippen molar-refractivity contribution >= 4 is 10.9 Å². The highest BCUT2D eigenvalue weighted by molar-refractivity contribution is 7.69. The average molecular weight is 173 g/mol. The molecule has 4 heteroatoms. The molecule has 0 fully saturated rings. The smallest absolute Gasteiger partial charge is 0.198 e. The van der Waals surface area contributed by atoms with Gasteiger partial charge in [0.05, 0.1) is 0 Å². The van der Waals surface area contributed by atoms with Crippen LogP contribution in [0.15, 0.2) is 30.3 Å². The maximum absolute atomic E-state index is 8.81. The predicted molar refractivity (Wildman–Crippen MR) is 45.7 cm³/mol. The molecular weight excluding hydrogens is 162 g/mol. The Kier molecular flexibility index (Phi) is 5.42. The van der Waals surface area contributed by atoms with Gasteiger partial charge in [-0.1, -0.05) is 35.9 Å². The molecule has 0 bridgehead atoms. The van der Waals surface area contributed by atoms with Crippen molar-refractivity contribution in [3.63, 3.8) is 0 Å². The van der Waals surface area contributed by atoms with Gasteiger partial charge in [0.2, 0.25) is 0 Å². The van der Waals surface area contributed by atoms with Crippen molar-refractivity contribution in [1.82, 2.24) is 0 Å². The van der Waals surface area contributed by atoms with Crippen molar-refractivity contribution in [1.29, 1.82) is 0 Å². The van der Waals surface area contributed by atoms with E-state index in [4.69, 9.17) is 8.42 Å². The zero-order valence-electron chi connectivity index (χ0n) is 6.23. The Bertz CT molecular complexity index is 248. The van der Waals surface area contributed by atoms with Crippen molar-refractivity contribution < 1.29 is 8.42 Å². The van der Waals surface area contributed by atoms with Gasteiger partial charge in [0.25, 0.3) is 0 Å². The maximum Gasteiger partial charge on any atom is 0.198 e. The fraction of sp³-hybridized carbons (Fsp3) is 0.143. The predicted octanol–water partition coefficient (Wildman–Crippen LogP) is 0.467. The van der Waals surface area contributed by atoms with E-state index in [0.29, 0.717) is 0 Å². The highest BCUT2D eigenvalue weighted by Crippen LogP contribution is 1.92. The molecular formula is C7H11NO2S. The van der Waals surface area contributed by atoms with Crippen LogP contribution in [0.4, 0.5) is 0 Å². The molecule has 0 unspecified atom stereocenters. The summed E-state index contributed by atoms with van der Waals surface area (Å²) in [5.74, 6) is 0. The summed E-state index contributed by atoms with van der Waals surface area (Å²) in [4.78, 5) is 0. The van der Waals surface area contributed by atoms with Crippen LogP contribution in [0.2, 0.25) is 0 Å². The van der Waals surface area contributed by atoms with Crippen LogP contribution in [-0.2, 0) is 10.9 Å². The van der Waals surface area contributed by atoms with Crippen molar-refractivity contribution in [2.45, 2.75) is 6.92 Å². The van der Waals surface area contributed by atoms with Crippen LogP contribution in [0, 0.1) is 6.92 Å². The van der Waals surface area contributed by atoms with Gasteiger partial charge in [-0.05, 0) is 6.92 Å². The molecule has 2 N–H and O–H groups in total. The van der Waals surface area contributed by atoms with Crippen LogP contribution in [0.25, 0.3) is 0 Å². The molecule has 0 aliphatic heterocycles. The topological polar surface area (TPSA) is 60.2 Å². The van der Waals surface area contributed by atoms with Crippen LogP contribution in [-0.4, -0.2) is 8.42 Å². The summed E-state index contributed by atoms with van der Waals surface area (Å²) in [7, 11) is -2.62. The summed E-state index contributed by atoms with van der Waals surface area (Å²) >= 11 is 0. The molecule has 62 valence electrons. The minimum absolute atomic E-state index is 1.32. The molecule has 0 radical (unpaired) electrons. The summed E-state index contributed by atoms with van der Waals surface area (Å²) < 4.78 is 17.6. The van der Waals surface area contributed by atoms with Gasteiger partial charge in [0.1, 0.15) is 0 Å². The lowest BCUT2D eigenvalue weighted by molar-refractivity contribution is 0.616. The van der Waals surface area contributed by atoms with Gasteiger partial charge >= 0.3 is 0 Å². The van der Waals surface area contributed by atoms with Crippen LogP contribution < -0.4 is 5.14 Å². The van der Waals surface area contributed by atoms with Gasteiger partial charge < -0.3 is 0 Å². The summed E-state index contributed by atoms with van der Waals surface area (Å²) in [6, 6.07) is 10.3. The van der Waals surface area contributed by atoms with Crippen molar-refractivity contribution in [3.8, 4) is 0 Å². The molecule has 11 heavy (non-hydrogen) atoms. The number of thiol groups is 1. The molecule has 1 aromatic carbocycles. The third-order valence-corrected chi connectivity index (χ3v) is 0.940. The summed E-state index contributed by atoms with van der Waals surface area (Å²) in [5.41, 5.74) is 1.32. The highest BCUT2D eigenvalue weighted by Gasteiger charge is 1.72. The van der Waals surface area contributed by atoms with E-state index >= 15 is 0 Å². The van der Waals surface area contributed by atoms with E-state index in [-0.39, 0.29) is 0 Å². The molecule has 0 spiro atoms. The molecule has 0 aliphatic carbocycles. The summed E-state index contributed by atoms with van der Waals surface area (Å²) in [6.45, 7) is 2.08. The lowest BCUT2D eigenvalue weighted by atomic mass is 10.2. The van der Waals surface area contributed by atoms with E-state index in [1.165, 1.54) is 5.56 Å². The molecule has 0 saturated carbocycles. The first-order valence-electron chi connectivity index (χ1n) is 3.03. The SMILES string of the molecule is Cc1ccccc1.N[SH](=O)=O. The van der Waals surface area contributed by atoms with Crippen LogP contribution in [0.1, 0.15) is 5.56 Å². The zero-order chi connectivity index (χ0) is 8.69. The third-order valence-electron chi connectivity index (χ3n) is 0.940. The summed E-state index contributed by atoms with van der Waals surface area (Å²) in [6.07, 6.45) is 0. The Balaban J connectivity index is 0.000000218. The second-order valence-electron chi connectivity index (χ2n) is 1.94. The van der Waals surface area contributed by atoms with E-state index < -0.39 is 10.9 Å². The van der Waals surface area contributed by atoms with E-state index in [1.807, 2.05) is 18.2 Å². The number of aryl methyl sites for hydroxylation is 1. The first kappa shape index (κ1) is 10.1. The Morgan fingerprint density at radius 3 is 1.73 bits per heavy atom. The molecule has 0 aromatic heterocycles. The molecule has 0 saturated heterocycles. The number of hydrogen-bond acceptors (Lipinski definition) is 2. The van der Waals surface area contributed by atoms with Gasteiger partial charge in [-0.25, -0.2) is 13.6 Å². The van der Waals surface area contributed by atoms with E-state index in [9.17, 15) is 0 Å². The highest BCUT2D eigenvalue weighted by atomic mass is 32.2. The Hall–Kier alpha value is -0.870. The minimum atomic E-state index is -2.62. The monoisotopic (exact) mass is 173 g/mol. The number of nitrogens with two attached hydrogens (primary N) is 1. The largest absolute Gasteiger partial charge is 0.231 e. The lowest BCUT2D eigenvalue weighted by Crippen LogP contribution is -1.85. The zero-order valence-corrected chi connectivity index (χ0v) is 7.12. The fourth-order valence-corrected chi connectivity index (χ4v) is 0.534. The second-order valence-corrected chi connectivity index (χ2v) is 2.51. The van der Waals surface area contributed by atoms with Gasteiger partial charge in [0, 0.05) is 0 Å². The van der Waals surface area contributed by atoms with Gasteiger partial charge in [-0.2, -0.15) is 0 Å². The van der Waals surface area contributed by atoms with Crippen LogP contribution >= 0.6 is 0 Å². The van der Waals surface area contributed by atoms with Crippen molar-refractivity contribution in [2.75, 3.05) is 0 Å². The normalized spacial score (nSPS) is 8.64. The summed E-state index contributed by atoms with van der Waals surface area (Å²) in [5, 5.41) is 4.06. The molecule has 3 nitrogen and oxygen atoms in total. The Morgan fingerprint density at radius 2 is 1.55 bits per heavy atom. The fourth-order valence-electron chi connectivity index (χ4n) is 0.534. The van der Waals surface area contributed by atoms with Crippen molar-refractivity contribution in [3.05, 3.63) is 35.9 Å². The quantitative estimate of drug-likeness (QED) is 0.560. The van der Waals surface area contributed by atoms with E-state index in [2.05, 4.69) is 24.2 Å². The molecule has 0 atom stereocenters. The van der Waals surface area contributed by atoms with Crippen LogP contribution in [0.5, 0.6) is 0 Å². The Labute approximate surface area is 67.9 Å². The van der Waals surface area contributed by atoms with Gasteiger partial charge in [0.15, 0.2) is 10.9 Å². The molecule has 0 heterocycles. The molecule has 0 aliphatic rings. The Morgan fingerprint density at radius 1 is 1.18 bits per heavy atom. The van der Waals surface area contributed by atoms with Crippen molar-refractivity contribution in [2.24, 2.45) is 5.14 Å². The van der Waals surface area contributed by atoms with E-state index in [0.717, 1.165) is 0 Å². The third kappa shape index (κ3) is 9.13. The number of rotatable bonds is 0. The lowest BCUT2D eigenvalue weighted by Gasteiger charge is -1.82. The second kappa shape index (κ2) is 5.88. The first-order valence-corrected chi connectivity index (χ1v) is 4.28. The average Bonchev–Trinajstić information content (AvgIpc) is 1.87. The van der Waals surface area contributed by atoms with Gasteiger partial charge in [-0.15, -0.1) is 0 Å². The molecule has 0 amide bonds.